The summed E-state index contributed by atoms with van der Waals surface area (Å²) in [6, 6.07) is 11.9. The Morgan fingerprint density at radius 3 is 2.57 bits per heavy atom. The summed E-state index contributed by atoms with van der Waals surface area (Å²) in [5.41, 5.74) is 0.747. The quantitative estimate of drug-likeness (QED) is 0.576. The maximum Gasteiger partial charge on any atom is 0.240 e. The minimum absolute atomic E-state index is 0.0143. The molecule has 0 aliphatic carbocycles. The van der Waals surface area contributed by atoms with Gasteiger partial charge in [-0.1, -0.05) is 29.8 Å². The lowest BCUT2D eigenvalue weighted by Gasteiger charge is -2.32. The van der Waals surface area contributed by atoms with Crippen LogP contribution in [0.1, 0.15) is 18.5 Å². The molecule has 0 saturated carbocycles. The number of nitrogens with one attached hydrogen (secondary N) is 1. The smallest absolute Gasteiger partial charge is 0.240 e. The summed E-state index contributed by atoms with van der Waals surface area (Å²) in [4.78, 5) is 20.3. The van der Waals surface area contributed by atoms with Crippen LogP contribution in [0.4, 0.5) is 0 Å². The van der Waals surface area contributed by atoms with E-state index in [1.54, 1.807) is 35.2 Å². The summed E-state index contributed by atoms with van der Waals surface area (Å²) in [5.74, 6) is 0.0143. The second-order valence-electron chi connectivity index (χ2n) is 7.01. The van der Waals surface area contributed by atoms with Crippen molar-refractivity contribution in [2.24, 2.45) is 0 Å². The van der Waals surface area contributed by atoms with Crippen molar-refractivity contribution in [1.29, 1.82) is 0 Å². The molecule has 3 heterocycles. The second-order valence-corrected chi connectivity index (χ2v) is 11.3. The van der Waals surface area contributed by atoms with Gasteiger partial charge in [0.2, 0.25) is 15.9 Å². The molecule has 1 fully saturated rings. The molecule has 0 bridgehead atoms. The van der Waals surface area contributed by atoms with E-state index in [2.05, 4.69) is 9.71 Å². The van der Waals surface area contributed by atoms with E-state index in [0.717, 1.165) is 15.6 Å². The standard InChI is InChI=1S/C20H20ClN3O3S3/c21-18-7-6-17(29-18)20-22-15(13-28-20)12-19(25)24-10-8-14(9-11-24)23-30(26,27)16-4-2-1-3-5-16/h1-7,13-14,23H,8-12H2. The fourth-order valence-electron chi connectivity index (χ4n) is 3.33. The molecule has 3 aromatic rings. The lowest BCUT2D eigenvalue weighted by molar-refractivity contribution is -0.131. The molecule has 1 aromatic carbocycles. The summed E-state index contributed by atoms with van der Waals surface area (Å²) in [5, 5.41) is 2.77. The second kappa shape index (κ2) is 9.15. The average molecular weight is 482 g/mol. The number of sulfonamides is 1. The summed E-state index contributed by atoms with van der Waals surface area (Å²) in [6.45, 7) is 1.05. The Bertz CT molecular complexity index is 1120. The number of halogens is 1. The molecule has 0 unspecified atom stereocenters. The third-order valence-corrected chi connectivity index (χ3v) is 8.72. The summed E-state index contributed by atoms with van der Waals surface area (Å²) in [6.07, 6.45) is 1.43. The van der Waals surface area contributed by atoms with Crippen molar-refractivity contribution >= 4 is 50.2 Å². The molecule has 158 valence electrons. The van der Waals surface area contributed by atoms with Gasteiger partial charge in [0.15, 0.2) is 0 Å². The number of nitrogens with zero attached hydrogens (tertiary/aromatic N) is 2. The number of thiophene rings is 1. The van der Waals surface area contributed by atoms with E-state index in [-0.39, 0.29) is 23.3 Å². The van der Waals surface area contributed by atoms with Crippen LogP contribution in [-0.4, -0.2) is 43.3 Å². The number of piperidine rings is 1. The zero-order chi connectivity index (χ0) is 21.1. The highest BCUT2D eigenvalue weighted by molar-refractivity contribution is 7.89. The van der Waals surface area contributed by atoms with Crippen molar-refractivity contribution in [3.05, 3.63) is 57.9 Å². The Hall–Kier alpha value is -1.78. The maximum absolute atomic E-state index is 12.7. The van der Waals surface area contributed by atoms with Gasteiger partial charge in [-0.2, -0.15) is 0 Å². The number of aromatic nitrogens is 1. The van der Waals surface area contributed by atoms with Crippen molar-refractivity contribution in [2.75, 3.05) is 13.1 Å². The predicted octanol–water partition coefficient (Wildman–Crippen LogP) is 4.04. The molecule has 10 heteroatoms. The predicted molar refractivity (Wildman–Crippen MR) is 121 cm³/mol. The summed E-state index contributed by atoms with van der Waals surface area (Å²) in [7, 11) is -3.54. The van der Waals surface area contributed by atoms with E-state index in [4.69, 9.17) is 11.6 Å². The Balaban J connectivity index is 1.30. The van der Waals surface area contributed by atoms with Crippen LogP contribution in [-0.2, 0) is 21.2 Å². The molecular weight excluding hydrogens is 462 g/mol. The van der Waals surface area contributed by atoms with Crippen LogP contribution in [0.15, 0.2) is 52.7 Å². The molecule has 30 heavy (non-hydrogen) atoms. The summed E-state index contributed by atoms with van der Waals surface area (Å²) >= 11 is 8.95. The number of thiazole rings is 1. The first-order valence-corrected chi connectivity index (χ1v) is 13.0. The third-order valence-electron chi connectivity index (χ3n) is 4.89. The molecule has 2 aromatic heterocycles. The van der Waals surface area contributed by atoms with E-state index in [1.807, 2.05) is 17.5 Å². The van der Waals surface area contributed by atoms with Gasteiger partial charge in [0.1, 0.15) is 5.01 Å². The van der Waals surface area contributed by atoms with Crippen LogP contribution in [0.5, 0.6) is 0 Å². The van der Waals surface area contributed by atoms with Crippen molar-refractivity contribution < 1.29 is 13.2 Å². The van der Waals surface area contributed by atoms with Crippen LogP contribution in [0.25, 0.3) is 9.88 Å². The van der Waals surface area contributed by atoms with Gasteiger partial charge in [0.25, 0.3) is 0 Å². The van der Waals surface area contributed by atoms with Crippen LogP contribution < -0.4 is 4.72 Å². The molecule has 1 N–H and O–H groups in total. The number of carbonyl (C=O) groups excluding carboxylic acids is 1. The maximum atomic E-state index is 12.7. The van der Waals surface area contributed by atoms with Crippen LogP contribution in [0.2, 0.25) is 4.34 Å². The molecule has 0 spiro atoms. The van der Waals surface area contributed by atoms with Gasteiger partial charge < -0.3 is 4.90 Å². The average Bonchev–Trinajstić information content (AvgIpc) is 3.38. The number of benzene rings is 1. The molecule has 0 atom stereocenters. The first-order chi connectivity index (χ1) is 14.4. The Labute approximate surface area is 188 Å². The van der Waals surface area contributed by atoms with E-state index in [1.165, 1.54) is 22.7 Å². The monoisotopic (exact) mass is 481 g/mol. The topological polar surface area (TPSA) is 79.4 Å². The van der Waals surface area contributed by atoms with Gasteiger partial charge in [-0.3, -0.25) is 4.79 Å². The molecule has 4 rings (SSSR count). The highest BCUT2D eigenvalue weighted by Crippen LogP contribution is 2.33. The van der Waals surface area contributed by atoms with Gasteiger partial charge in [-0.25, -0.2) is 18.1 Å². The lowest BCUT2D eigenvalue weighted by atomic mass is 10.1. The third kappa shape index (κ3) is 5.09. The molecule has 0 radical (unpaired) electrons. The van der Waals surface area contributed by atoms with Gasteiger partial charge in [-0.05, 0) is 37.1 Å². The first kappa shape index (κ1) is 21.5. The Morgan fingerprint density at radius 2 is 1.90 bits per heavy atom. The zero-order valence-corrected chi connectivity index (χ0v) is 19.2. The highest BCUT2D eigenvalue weighted by atomic mass is 35.5. The number of carbonyl (C=O) groups is 1. The van der Waals surface area contributed by atoms with E-state index in [0.29, 0.717) is 30.3 Å². The van der Waals surface area contributed by atoms with Crippen molar-refractivity contribution in [3.8, 4) is 9.88 Å². The lowest BCUT2D eigenvalue weighted by Crippen LogP contribution is -2.46. The van der Waals surface area contributed by atoms with Gasteiger partial charge in [0, 0.05) is 24.5 Å². The highest BCUT2D eigenvalue weighted by Gasteiger charge is 2.27. The van der Waals surface area contributed by atoms with Crippen molar-refractivity contribution in [2.45, 2.75) is 30.2 Å². The van der Waals surface area contributed by atoms with Gasteiger partial charge >= 0.3 is 0 Å². The normalized spacial score (nSPS) is 15.4. The molecule has 6 nitrogen and oxygen atoms in total. The largest absolute Gasteiger partial charge is 0.342 e. The zero-order valence-electron chi connectivity index (χ0n) is 16.0. The van der Waals surface area contributed by atoms with E-state index in [9.17, 15) is 13.2 Å². The number of hydrogen-bond donors (Lipinski definition) is 1. The number of amides is 1. The van der Waals surface area contributed by atoms with Gasteiger partial charge in [0.05, 0.1) is 26.2 Å². The van der Waals surface area contributed by atoms with Crippen LogP contribution >= 0.6 is 34.3 Å². The molecule has 1 amide bonds. The van der Waals surface area contributed by atoms with Crippen LogP contribution in [0, 0.1) is 0 Å². The Kier molecular flexibility index (Phi) is 6.54. The Morgan fingerprint density at radius 1 is 1.17 bits per heavy atom. The van der Waals surface area contributed by atoms with Crippen molar-refractivity contribution in [3.63, 3.8) is 0 Å². The van der Waals surface area contributed by atoms with Crippen LogP contribution in [0.3, 0.4) is 0 Å². The van der Waals surface area contributed by atoms with Crippen molar-refractivity contribution in [1.82, 2.24) is 14.6 Å². The SMILES string of the molecule is O=C(Cc1csc(-c2ccc(Cl)s2)n1)N1CCC(NS(=O)(=O)c2ccccc2)CC1. The van der Waals surface area contributed by atoms with E-state index < -0.39 is 10.0 Å². The first-order valence-electron chi connectivity index (χ1n) is 9.46. The minimum Gasteiger partial charge on any atom is -0.342 e. The fourth-order valence-corrected chi connectivity index (χ4v) is 6.59. The molecule has 1 aliphatic heterocycles. The minimum atomic E-state index is -3.54. The molecular formula is C20H20ClN3O3S3. The fraction of sp³-hybridized carbons (Fsp3) is 0.300. The number of likely N-dealkylation sites (tertiary alicyclic amines) is 1. The number of rotatable bonds is 6. The van der Waals surface area contributed by atoms with Gasteiger partial charge in [-0.15, -0.1) is 22.7 Å². The van der Waals surface area contributed by atoms with E-state index >= 15 is 0 Å². The number of hydrogen-bond acceptors (Lipinski definition) is 6. The molecule has 1 saturated heterocycles. The summed E-state index contributed by atoms with van der Waals surface area (Å²) < 4.78 is 28.4. The molecule has 1 aliphatic rings.